The zero-order valence-electron chi connectivity index (χ0n) is 14.6. The highest BCUT2D eigenvalue weighted by Crippen LogP contribution is 2.32. The van der Waals surface area contributed by atoms with E-state index >= 15 is 0 Å². The molecule has 2 aromatic rings. The molecule has 1 aliphatic heterocycles. The number of nitrogens with two attached hydrogens (primary N) is 1. The van der Waals surface area contributed by atoms with Crippen molar-refractivity contribution in [2.45, 2.75) is 20.1 Å². The Labute approximate surface area is 151 Å². The topological polar surface area (TPSA) is 90.7 Å². The van der Waals surface area contributed by atoms with Gasteiger partial charge in [-0.25, -0.2) is 0 Å². The summed E-state index contributed by atoms with van der Waals surface area (Å²) >= 11 is 0. The van der Waals surface area contributed by atoms with Gasteiger partial charge in [-0.15, -0.1) is 0 Å². The number of rotatable bonds is 5. The van der Waals surface area contributed by atoms with E-state index in [2.05, 4.69) is 5.32 Å². The summed E-state index contributed by atoms with van der Waals surface area (Å²) in [5.41, 5.74) is 8.22. The molecule has 2 aromatic carbocycles. The van der Waals surface area contributed by atoms with Gasteiger partial charge in [-0.1, -0.05) is 11.6 Å². The number of anilines is 1. The number of Topliss-reactive ketones (excluding diaryl/α,β-unsaturated/α-hetero) is 1. The maximum absolute atomic E-state index is 12.9. The summed E-state index contributed by atoms with van der Waals surface area (Å²) in [6.07, 6.45) is 0.799. The molecule has 0 spiro atoms. The molecule has 0 saturated heterocycles. The molecule has 0 saturated carbocycles. The van der Waals surface area contributed by atoms with Gasteiger partial charge in [-0.3, -0.25) is 9.59 Å². The molecule has 26 heavy (non-hydrogen) atoms. The highest BCUT2D eigenvalue weighted by atomic mass is 16.7. The molecule has 1 heterocycles. The van der Waals surface area contributed by atoms with Gasteiger partial charge >= 0.3 is 0 Å². The molecular weight excluding hydrogens is 332 g/mol. The Bertz CT molecular complexity index is 872. The number of primary amides is 1. The fourth-order valence-corrected chi connectivity index (χ4v) is 2.67. The van der Waals surface area contributed by atoms with Gasteiger partial charge in [0, 0.05) is 24.1 Å². The first-order valence-corrected chi connectivity index (χ1v) is 8.29. The van der Waals surface area contributed by atoms with Crippen LogP contribution >= 0.6 is 0 Å². The van der Waals surface area contributed by atoms with Crippen LogP contribution in [0.1, 0.15) is 33.2 Å². The van der Waals surface area contributed by atoms with E-state index in [-0.39, 0.29) is 5.78 Å². The van der Waals surface area contributed by atoms with Crippen molar-refractivity contribution in [2.24, 2.45) is 5.73 Å². The van der Waals surface area contributed by atoms with Gasteiger partial charge in [0.2, 0.25) is 12.2 Å². The Morgan fingerprint density at radius 3 is 2.65 bits per heavy atom. The van der Waals surface area contributed by atoms with Crippen molar-refractivity contribution in [3.63, 3.8) is 0 Å². The van der Waals surface area contributed by atoms with Gasteiger partial charge in [-0.05, 0) is 50.2 Å². The Morgan fingerprint density at radius 1 is 1.27 bits per heavy atom. The number of fused-ring (bicyclic) bond motifs is 1. The fourth-order valence-electron chi connectivity index (χ4n) is 2.67. The third kappa shape index (κ3) is 3.60. The van der Waals surface area contributed by atoms with E-state index in [0.717, 1.165) is 5.56 Å². The second-order valence-corrected chi connectivity index (χ2v) is 5.92. The van der Waals surface area contributed by atoms with Crippen LogP contribution in [0.2, 0.25) is 0 Å². The number of ether oxygens (including phenoxy) is 2. The van der Waals surface area contributed by atoms with Crippen LogP contribution in [0.3, 0.4) is 0 Å². The first-order valence-electron chi connectivity index (χ1n) is 8.29. The van der Waals surface area contributed by atoms with Gasteiger partial charge in [-0.2, -0.15) is 0 Å². The number of hydrogen-bond acceptors (Lipinski definition) is 5. The average molecular weight is 352 g/mol. The first kappa shape index (κ1) is 17.7. The van der Waals surface area contributed by atoms with E-state index in [4.69, 9.17) is 15.2 Å². The maximum Gasteiger partial charge on any atom is 0.248 e. The Morgan fingerprint density at radius 2 is 2.00 bits per heavy atom. The molecule has 0 fully saturated rings. The molecule has 1 aliphatic rings. The smallest absolute Gasteiger partial charge is 0.248 e. The number of aryl methyl sites for hydroxylation is 1. The van der Waals surface area contributed by atoms with E-state index in [1.54, 1.807) is 42.6 Å². The number of ketones is 1. The molecule has 6 heteroatoms. The summed E-state index contributed by atoms with van der Waals surface area (Å²) in [5.74, 6) is -0.120. The highest BCUT2D eigenvalue weighted by Gasteiger charge is 2.32. The van der Waals surface area contributed by atoms with Crippen molar-refractivity contribution in [1.29, 1.82) is 0 Å². The number of amides is 1. The summed E-state index contributed by atoms with van der Waals surface area (Å²) in [6, 6.07) is 12.1. The van der Waals surface area contributed by atoms with Crippen LogP contribution in [0.5, 0.6) is 5.75 Å². The van der Waals surface area contributed by atoms with Crippen molar-refractivity contribution in [3.8, 4) is 5.75 Å². The quantitative estimate of drug-likeness (QED) is 0.807. The van der Waals surface area contributed by atoms with Crippen LogP contribution in [0.15, 0.2) is 54.2 Å². The Balaban J connectivity index is 1.88. The normalized spacial score (nSPS) is 17.5. The van der Waals surface area contributed by atoms with Crippen LogP contribution in [-0.2, 0) is 4.74 Å². The van der Waals surface area contributed by atoms with Crippen LogP contribution in [0.4, 0.5) is 5.69 Å². The number of carbonyl (C=O) groups is 2. The lowest BCUT2D eigenvalue weighted by atomic mass is 9.98. The number of carbonyl (C=O) groups excluding carboxylic acids is 2. The van der Waals surface area contributed by atoms with Crippen LogP contribution < -0.4 is 15.8 Å². The van der Waals surface area contributed by atoms with Crippen LogP contribution in [0.25, 0.3) is 0 Å². The van der Waals surface area contributed by atoms with Crippen LogP contribution in [0, 0.1) is 6.92 Å². The second kappa shape index (κ2) is 7.41. The zero-order chi connectivity index (χ0) is 18.7. The fraction of sp³-hybridized carbons (Fsp3) is 0.200. The highest BCUT2D eigenvalue weighted by molar-refractivity contribution is 6.12. The minimum absolute atomic E-state index is 0.144. The van der Waals surface area contributed by atoms with Gasteiger partial charge in [0.15, 0.2) is 5.78 Å². The van der Waals surface area contributed by atoms with E-state index < -0.39 is 12.2 Å². The molecule has 0 aliphatic carbocycles. The second-order valence-electron chi connectivity index (χ2n) is 5.92. The Kier molecular flexibility index (Phi) is 5.04. The molecule has 0 aromatic heterocycles. The molecule has 1 amide bonds. The summed E-state index contributed by atoms with van der Waals surface area (Å²) < 4.78 is 11.4. The molecule has 0 radical (unpaired) electrons. The predicted octanol–water partition coefficient (Wildman–Crippen LogP) is 3.03. The molecular formula is C20H20N2O4. The third-order valence-electron chi connectivity index (χ3n) is 4.01. The van der Waals surface area contributed by atoms with Crippen molar-refractivity contribution in [2.75, 3.05) is 11.9 Å². The maximum atomic E-state index is 12.9. The van der Waals surface area contributed by atoms with E-state index in [1.165, 1.54) is 0 Å². The minimum atomic E-state index is -0.778. The summed E-state index contributed by atoms with van der Waals surface area (Å²) in [6.45, 7) is 4.17. The van der Waals surface area contributed by atoms with Gasteiger partial charge in [0.05, 0.1) is 11.1 Å². The first-order chi connectivity index (χ1) is 12.5. The van der Waals surface area contributed by atoms with Crippen molar-refractivity contribution in [3.05, 3.63) is 70.9 Å². The lowest BCUT2D eigenvalue weighted by Gasteiger charge is -2.27. The van der Waals surface area contributed by atoms with Gasteiger partial charge < -0.3 is 20.5 Å². The summed E-state index contributed by atoms with van der Waals surface area (Å²) in [7, 11) is 0. The van der Waals surface area contributed by atoms with Crippen molar-refractivity contribution < 1.29 is 19.1 Å². The number of nitrogens with one attached hydrogen (secondary N) is 1. The number of benzene rings is 2. The van der Waals surface area contributed by atoms with Crippen molar-refractivity contribution in [1.82, 2.24) is 0 Å². The van der Waals surface area contributed by atoms with Gasteiger partial charge in [0.25, 0.3) is 0 Å². The number of hydrogen-bond donors (Lipinski definition) is 2. The molecule has 1 atom stereocenters. The van der Waals surface area contributed by atoms with Gasteiger partial charge in [0.1, 0.15) is 5.75 Å². The standard InChI is InChI=1S/C20H20N2O4/c1-3-25-20-16(11-22-14-7-5-13(6-8-14)19(21)24)18(23)15-10-12(2)4-9-17(15)26-20/h4-11,20,22H,3H2,1-2H3,(H2,21,24)/b16-11+. The monoisotopic (exact) mass is 352 g/mol. The lowest BCUT2D eigenvalue weighted by Crippen LogP contribution is -2.33. The summed E-state index contributed by atoms with van der Waals surface area (Å²) in [4.78, 5) is 24.0. The SMILES string of the molecule is CCOC1Oc2ccc(C)cc2C(=O)/C1=C\Nc1ccc(C(N)=O)cc1. The molecule has 134 valence electrons. The average Bonchev–Trinajstić information content (AvgIpc) is 2.63. The molecule has 0 bridgehead atoms. The molecule has 6 nitrogen and oxygen atoms in total. The largest absolute Gasteiger partial charge is 0.460 e. The molecule has 3 rings (SSSR count). The van der Waals surface area contributed by atoms with Crippen molar-refractivity contribution >= 4 is 17.4 Å². The zero-order valence-corrected chi connectivity index (χ0v) is 14.6. The van der Waals surface area contributed by atoms with E-state index in [1.807, 2.05) is 19.9 Å². The Hall–Kier alpha value is -3.12. The van der Waals surface area contributed by atoms with Crippen LogP contribution in [-0.4, -0.2) is 24.6 Å². The third-order valence-corrected chi connectivity index (χ3v) is 4.01. The predicted molar refractivity (Wildman–Crippen MR) is 98.2 cm³/mol. The molecule has 1 unspecified atom stereocenters. The molecule has 3 N–H and O–H groups in total. The van der Waals surface area contributed by atoms with E-state index in [0.29, 0.717) is 34.7 Å². The minimum Gasteiger partial charge on any atom is -0.460 e. The summed E-state index contributed by atoms with van der Waals surface area (Å²) in [5, 5.41) is 3.05. The van der Waals surface area contributed by atoms with E-state index in [9.17, 15) is 9.59 Å². The lowest BCUT2D eigenvalue weighted by molar-refractivity contribution is -0.0509.